The van der Waals surface area contributed by atoms with Crippen LogP contribution in [0.1, 0.15) is 52.4 Å². The van der Waals surface area contributed by atoms with E-state index in [0.29, 0.717) is 0 Å². The summed E-state index contributed by atoms with van der Waals surface area (Å²) >= 11 is 0. The van der Waals surface area contributed by atoms with Gasteiger partial charge in [-0.05, 0) is 55.6 Å². The lowest BCUT2D eigenvalue weighted by atomic mass is 9.80. The highest BCUT2D eigenvalue weighted by Gasteiger charge is 2.35. The van der Waals surface area contributed by atoms with Crippen LogP contribution in [0.2, 0.25) is 0 Å². The minimum atomic E-state index is 0.723. The van der Waals surface area contributed by atoms with E-state index in [-0.39, 0.29) is 0 Å². The average Bonchev–Trinajstić information content (AvgIpc) is 2.38. The van der Waals surface area contributed by atoms with Gasteiger partial charge in [0, 0.05) is 26.7 Å². The fraction of sp³-hybridized carbons (Fsp3) is 0.765. The summed E-state index contributed by atoms with van der Waals surface area (Å²) in [6.07, 6.45) is 7.98. The Morgan fingerprint density at radius 2 is 1.63 bits per heavy atom. The number of rotatable bonds is 1. The number of likely N-dealkylation sites (N-methyl/N-ethyl adjacent to an activating group) is 2. The maximum absolute atomic E-state index is 2.61. The molecule has 1 aliphatic carbocycles. The summed E-state index contributed by atoms with van der Waals surface area (Å²) in [5, 5.41) is 0. The van der Waals surface area contributed by atoms with Gasteiger partial charge in [0.05, 0.1) is 11.4 Å². The van der Waals surface area contributed by atoms with Crippen molar-refractivity contribution in [1.82, 2.24) is 9.80 Å². The van der Waals surface area contributed by atoms with Crippen LogP contribution in [-0.2, 0) is 0 Å². The van der Waals surface area contributed by atoms with Crippen molar-refractivity contribution in [1.29, 1.82) is 0 Å². The van der Waals surface area contributed by atoms with E-state index in [1.165, 1.54) is 45.1 Å². The molecular weight excluding hydrogens is 232 g/mol. The monoisotopic (exact) mass is 260 g/mol. The maximum atomic E-state index is 2.61. The highest BCUT2D eigenvalue weighted by atomic mass is 15.2. The molecule has 3 rings (SSSR count). The molecule has 1 unspecified atom stereocenters. The third-order valence-electron chi connectivity index (χ3n) is 5.34. The van der Waals surface area contributed by atoms with Gasteiger partial charge in [0.15, 0.2) is 0 Å². The SMILES string of the molecule is CC(C)C1CCC2=C(C3=C(CCCN3C)CC2)N1C. The predicted octanol–water partition coefficient (Wildman–Crippen LogP) is 3.76. The first kappa shape index (κ1) is 13.1. The summed E-state index contributed by atoms with van der Waals surface area (Å²) in [5.74, 6) is 0.749. The van der Waals surface area contributed by atoms with E-state index in [9.17, 15) is 0 Å². The molecule has 0 N–H and O–H groups in total. The molecule has 106 valence electrons. The van der Waals surface area contributed by atoms with Gasteiger partial charge < -0.3 is 9.80 Å². The molecule has 0 amide bonds. The van der Waals surface area contributed by atoms with Gasteiger partial charge in [0.25, 0.3) is 0 Å². The molecule has 2 aliphatic heterocycles. The summed E-state index contributed by atoms with van der Waals surface area (Å²) in [6.45, 7) is 5.97. The first-order chi connectivity index (χ1) is 9.09. The molecule has 0 fully saturated rings. The maximum Gasteiger partial charge on any atom is 0.0595 e. The Bertz CT molecular complexity index is 431. The van der Waals surface area contributed by atoms with Crippen molar-refractivity contribution in [3.8, 4) is 0 Å². The first-order valence-electron chi connectivity index (χ1n) is 7.98. The van der Waals surface area contributed by atoms with Gasteiger partial charge in [0.1, 0.15) is 0 Å². The van der Waals surface area contributed by atoms with Crippen LogP contribution in [0.3, 0.4) is 0 Å². The molecule has 0 bridgehead atoms. The van der Waals surface area contributed by atoms with Gasteiger partial charge in [-0.3, -0.25) is 0 Å². The second-order valence-corrected chi connectivity index (χ2v) is 6.89. The van der Waals surface area contributed by atoms with Gasteiger partial charge >= 0.3 is 0 Å². The summed E-state index contributed by atoms with van der Waals surface area (Å²) < 4.78 is 0. The van der Waals surface area contributed by atoms with Crippen LogP contribution in [0.4, 0.5) is 0 Å². The quantitative estimate of drug-likeness (QED) is 0.708. The van der Waals surface area contributed by atoms with Crippen LogP contribution in [0, 0.1) is 5.92 Å². The minimum Gasteiger partial charge on any atom is -0.373 e. The summed E-state index contributed by atoms with van der Waals surface area (Å²) in [7, 11) is 4.62. The summed E-state index contributed by atoms with van der Waals surface area (Å²) in [4.78, 5) is 5.13. The van der Waals surface area contributed by atoms with Gasteiger partial charge in [-0.25, -0.2) is 0 Å². The zero-order chi connectivity index (χ0) is 13.6. The lowest BCUT2D eigenvalue weighted by molar-refractivity contribution is 0.194. The van der Waals surface area contributed by atoms with Crippen LogP contribution >= 0.6 is 0 Å². The normalized spacial score (nSPS) is 27.9. The van der Waals surface area contributed by atoms with E-state index in [4.69, 9.17) is 0 Å². The predicted molar refractivity (Wildman–Crippen MR) is 80.8 cm³/mol. The van der Waals surface area contributed by atoms with Crippen LogP contribution in [0.5, 0.6) is 0 Å². The highest BCUT2D eigenvalue weighted by Crippen LogP contribution is 2.43. The summed E-state index contributed by atoms with van der Waals surface area (Å²) in [5.41, 5.74) is 6.66. The molecule has 19 heavy (non-hydrogen) atoms. The van der Waals surface area contributed by atoms with Crippen molar-refractivity contribution >= 4 is 0 Å². The van der Waals surface area contributed by atoms with E-state index in [1.54, 1.807) is 22.5 Å². The van der Waals surface area contributed by atoms with E-state index >= 15 is 0 Å². The van der Waals surface area contributed by atoms with Crippen molar-refractivity contribution in [2.24, 2.45) is 5.92 Å². The molecular formula is C17H28N2. The molecule has 2 heterocycles. The van der Waals surface area contributed by atoms with Crippen LogP contribution in [0.15, 0.2) is 22.5 Å². The molecule has 0 aromatic carbocycles. The molecule has 0 aromatic rings. The van der Waals surface area contributed by atoms with Gasteiger partial charge in [-0.15, -0.1) is 0 Å². The van der Waals surface area contributed by atoms with Crippen molar-refractivity contribution in [2.75, 3.05) is 20.6 Å². The standard InChI is InChI=1S/C17H28N2/c1-12(2)15-10-9-14-8-7-13-6-5-11-18(3)16(13)17(14)19(15)4/h12,15H,5-11H2,1-4H3. The second kappa shape index (κ2) is 4.88. The largest absolute Gasteiger partial charge is 0.373 e. The van der Waals surface area contributed by atoms with Crippen molar-refractivity contribution in [2.45, 2.75) is 58.4 Å². The molecule has 0 spiro atoms. The average molecular weight is 260 g/mol. The Labute approximate surface area is 118 Å². The van der Waals surface area contributed by atoms with E-state index in [2.05, 4.69) is 37.7 Å². The Morgan fingerprint density at radius 3 is 2.32 bits per heavy atom. The molecule has 0 saturated carbocycles. The molecule has 2 heteroatoms. The topological polar surface area (TPSA) is 6.48 Å². The third kappa shape index (κ3) is 2.09. The lowest BCUT2D eigenvalue weighted by Gasteiger charge is -2.46. The number of fused-ring (bicyclic) bond motifs is 1. The molecule has 3 aliphatic rings. The Hall–Kier alpha value is -0.920. The van der Waals surface area contributed by atoms with E-state index in [0.717, 1.165) is 12.0 Å². The minimum absolute atomic E-state index is 0.723. The number of hydrogen-bond acceptors (Lipinski definition) is 2. The van der Waals surface area contributed by atoms with Gasteiger partial charge in [-0.2, -0.15) is 0 Å². The number of hydrogen-bond donors (Lipinski definition) is 0. The molecule has 0 radical (unpaired) electrons. The zero-order valence-electron chi connectivity index (χ0n) is 13.0. The van der Waals surface area contributed by atoms with Crippen LogP contribution in [0.25, 0.3) is 0 Å². The fourth-order valence-corrected chi connectivity index (χ4v) is 4.33. The van der Waals surface area contributed by atoms with Crippen molar-refractivity contribution in [3.05, 3.63) is 22.5 Å². The van der Waals surface area contributed by atoms with Crippen LogP contribution < -0.4 is 0 Å². The van der Waals surface area contributed by atoms with Gasteiger partial charge in [0.2, 0.25) is 0 Å². The van der Waals surface area contributed by atoms with Crippen molar-refractivity contribution in [3.63, 3.8) is 0 Å². The van der Waals surface area contributed by atoms with Crippen molar-refractivity contribution < 1.29 is 0 Å². The molecule has 1 atom stereocenters. The fourth-order valence-electron chi connectivity index (χ4n) is 4.33. The van der Waals surface area contributed by atoms with E-state index < -0.39 is 0 Å². The Balaban J connectivity index is 2.01. The van der Waals surface area contributed by atoms with E-state index in [1.807, 2.05) is 0 Å². The smallest absolute Gasteiger partial charge is 0.0595 e. The Kier molecular flexibility index (Phi) is 3.36. The molecule has 2 nitrogen and oxygen atoms in total. The zero-order valence-corrected chi connectivity index (χ0v) is 13.0. The molecule has 0 aromatic heterocycles. The number of allylic oxidation sites excluding steroid dienone is 2. The number of nitrogens with zero attached hydrogens (tertiary/aromatic N) is 2. The highest BCUT2D eigenvalue weighted by molar-refractivity contribution is 5.43. The second-order valence-electron chi connectivity index (χ2n) is 6.89. The van der Waals surface area contributed by atoms with Crippen LogP contribution in [-0.4, -0.2) is 36.5 Å². The van der Waals surface area contributed by atoms with Gasteiger partial charge in [-0.1, -0.05) is 13.8 Å². The summed E-state index contributed by atoms with van der Waals surface area (Å²) in [6, 6.07) is 0.723. The first-order valence-corrected chi connectivity index (χ1v) is 7.98. The Morgan fingerprint density at radius 1 is 0.947 bits per heavy atom. The third-order valence-corrected chi connectivity index (χ3v) is 5.34. The lowest BCUT2D eigenvalue weighted by Crippen LogP contribution is -2.43. The molecule has 0 saturated heterocycles.